The van der Waals surface area contributed by atoms with Gasteiger partial charge in [-0.15, -0.1) is 0 Å². The predicted octanol–water partition coefficient (Wildman–Crippen LogP) is 8.09. The normalized spacial score (nSPS) is 15.8. The van der Waals surface area contributed by atoms with Crippen LogP contribution < -0.4 is 5.32 Å². The maximum absolute atomic E-state index is 10.7. The fourth-order valence-corrected chi connectivity index (χ4v) is 5.55. The number of para-hydroxylation sites is 1. The highest BCUT2D eigenvalue weighted by molar-refractivity contribution is 5.69. The van der Waals surface area contributed by atoms with Crippen LogP contribution in [0.2, 0.25) is 0 Å². The summed E-state index contributed by atoms with van der Waals surface area (Å²) in [7, 11) is 0. The average Bonchev–Trinajstić information content (AvgIpc) is 3.49. The Hall–Kier alpha value is -3.66. The smallest absolute Gasteiger partial charge is 0.207 e. The summed E-state index contributed by atoms with van der Waals surface area (Å²) < 4.78 is 2.12. The van der Waals surface area contributed by atoms with Crippen LogP contribution in [0, 0.1) is 12.8 Å². The molecule has 0 saturated heterocycles. The molecule has 0 bridgehead atoms. The lowest BCUT2D eigenvalue weighted by Gasteiger charge is -2.20. The number of nitrogens with one attached hydrogen (secondary N) is 1. The lowest BCUT2D eigenvalue weighted by Crippen LogP contribution is -2.21. The van der Waals surface area contributed by atoms with Crippen LogP contribution in [0.15, 0.2) is 91.0 Å². The van der Waals surface area contributed by atoms with Gasteiger partial charge in [0, 0.05) is 5.69 Å². The number of carbonyl (C=O) groups is 1. The second kappa shape index (κ2) is 14.3. The van der Waals surface area contributed by atoms with Crippen LogP contribution >= 0.6 is 0 Å². The van der Waals surface area contributed by atoms with E-state index >= 15 is 0 Å². The number of allylic oxidation sites excluding steroid dienone is 6. The summed E-state index contributed by atoms with van der Waals surface area (Å²) >= 11 is 0. The molecule has 2 aliphatic carbocycles. The monoisotopic (exact) mass is 507 g/mol. The van der Waals surface area contributed by atoms with Gasteiger partial charge >= 0.3 is 0 Å². The largest absolute Gasteiger partial charge is 0.352 e. The molecule has 1 amide bonds. The summed E-state index contributed by atoms with van der Waals surface area (Å²) in [5.41, 5.74) is 7.41. The van der Waals surface area contributed by atoms with E-state index < -0.39 is 0 Å². The van der Waals surface area contributed by atoms with E-state index in [1.54, 1.807) is 0 Å². The van der Waals surface area contributed by atoms with Gasteiger partial charge in [0.1, 0.15) is 0 Å². The summed E-state index contributed by atoms with van der Waals surface area (Å²) in [5.74, 6) is 0.789. The Balaban J connectivity index is 0.000000186. The number of nitrogens with zero attached hydrogens (tertiary/aromatic N) is 2. The molecule has 4 heteroatoms. The molecule has 0 spiro atoms. The molecular formula is C34H41N3O. The fourth-order valence-electron chi connectivity index (χ4n) is 5.55. The number of benzene rings is 2. The molecule has 1 aromatic heterocycles. The Morgan fingerprint density at radius 3 is 2.39 bits per heavy atom. The van der Waals surface area contributed by atoms with E-state index in [1.807, 2.05) is 24.3 Å². The topological polar surface area (TPSA) is 46.9 Å². The van der Waals surface area contributed by atoms with Gasteiger partial charge in [-0.05, 0) is 60.9 Å². The summed E-state index contributed by atoms with van der Waals surface area (Å²) in [6.45, 7) is 4.42. The zero-order valence-electron chi connectivity index (χ0n) is 22.9. The van der Waals surface area contributed by atoms with Gasteiger partial charge in [0.15, 0.2) is 0 Å². The summed E-state index contributed by atoms with van der Waals surface area (Å²) in [5, 5.41) is 7.89. The first-order valence-corrected chi connectivity index (χ1v) is 14.1. The van der Waals surface area contributed by atoms with Crippen molar-refractivity contribution in [1.29, 1.82) is 0 Å². The zero-order valence-corrected chi connectivity index (χ0v) is 22.9. The highest BCUT2D eigenvalue weighted by atomic mass is 16.1. The summed E-state index contributed by atoms with van der Waals surface area (Å²) in [4.78, 5) is 10.7. The quantitative estimate of drug-likeness (QED) is 0.298. The lowest BCUT2D eigenvalue weighted by atomic mass is 9.94. The summed E-state index contributed by atoms with van der Waals surface area (Å²) in [6.07, 6.45) is 21.0. The van der Waals surface area contributed by atoms with Crippen molar-refractivity contribution in [3.8, 4) is 5.69 Å². The van der Waals surface area contributed by atoms with Crippen LogP contribution in [0.25, 0.3) is 11.3 Å². The Bertz CT molecular complexity index is 1230. The zero-order chi connectivity index (χ0) is 26.6. The predicted molar refractivity (Wildman–Crippen MR) is 158 cm³/mol. The number of aromatic nitrogens is 2. The van der Waals surface area contributed by atoms with E-state index in [2.05, 4.69) is 90.6 Å². The van der Waals surface area contributed by atoms with Crippen molar-refractivity contribution in [3.63, 3.8) is 0 Å². The van der Waals surface area contributed by atoms with Gasteiger partial charge in [-0.2, -0.15) is 5.10 Å². The first kappa shape index (κ1) is 27.4. The van der Waals surface area contributed by atoms with Gasteiger partial charge in [-0.1, -0.05) is 118 Å². The van der Waals surface area contributed by atoms with Crippen LogP contribution in [0.3, 0.4) is 0 Å². The van der Waals surface area contributed by atoms with E-state index in [0.717, 1.165) is 49.4 Å². The van der Waals surface area contributed by atoms with Crippen molar-refractivity contribution >= 4 is 12.0 Å². The van der Waals surface area contributed by atoms with Gasteiger partial charge in [-0.25, -0.2) is 4.68 Å². The number of rotatable bonds is 9. The van der Waals surface area contributed by atoms with E-state index in [9.17, 15) is 4.79 Å². The first-order valence-electron chi connectivity index (χ1n) is 14.1. The minimum atomic E-state index is 0.196. The molecule has 3 aromatic rings. The molecule has 198 valence electrons. The Labute approximate surface area is 228 Å². The third-order valence-corrected chi connectivity index (χ3v) is 7.54. The van der Waals surface area contributed by atoms with Gasteiger partial charge in [-0.3, -0.25) is 4.79 Å². The van der Waals surface area contributed by atoms with E-state index in [1.165, 1.54) is 48.1 Å². The molecule has 1 atom stereocenters. The molecule has 2 aliphatic rings. The molecule has 2 aromatic carbocycles. The highest BCUT2D eigenvalue weighted by Gasteiger charge is 2.21. The van der Waals surface area contributed by atoms with Crippen LogP contribution in [-0.2, 0) is 11.2 Å². The molecule has 38 heavy (non-hydrogen) atoms. The molecule has 5 rings (SSSR count). The van der Waals surface area contributed by atoms with E-state index in [4.69, 9.17) is 5.10 Å². The number of carbonyl (C=O) groups excluding carboxylic acids is 1. The second-order valence-electron chi connectivity index (χ2n) is 10.3. The second-order valence-corrected chi connectivity index (χ2v) is 10.3. The molecule has 1 N–H and O–H groups in total. The van der Waals surface area contributed by atoms with Crippen molar-refractivity contribution in [3.05, 3.63) is 114 Å². The Morgan fingerprint density at radius 1 is 1.00 bits per heavy atom. The van der Waals surface area contributed by atoms with Crippen LogP contribution in [-0.4, -0.2) is 16.2 Å². The molecule has 1 fully saturated rings. The number of amides is 1. The van der Waals surface area contributed by atoms with Gasteiger partial charge in [0.05, 0.1) is 17.4 Å². The molecule has 0 radical (unpaired) electrons. The third kappa shape index (κ3) is 7.22. The van der Waals surface area contributed by atoms with Crippen molar-refractivity contribution in [2.45, 2.75) is 71.3 Å². The van der Waals surface area contributed by atoms with Gasteiger partial charge < -0.3 is 5.32 Å². The van der Waals surface area contributed by atoms with Gasteiger partial charge in [0.2, 0.25) is 6.41 Å². The first-order chi connectivity index (χ1) is 18.7. The van der Waals surface area contributed by atoms with Crippen molar-refractivity contribution < 1.29 is 4.79 Å². The lowest BCUT2D eigenvalue weighted by molar-refractivity contribution is -0.110. The van der Waals surface area contributed by atoms with Crippen molar-refractivity contribution in [2.24, 2.45) is 5.92 Å². The SMILES string of the molecule is CCCc1c(C)c(C2=CC=CC=CC2)nn1-c1ccccc1.O=CNC(CC1CCCC1)c1ccccc1. The molecular weight excluding hydrogens is 466 g/mol. The highest BCUT2D eigenvalue weighted by Crippen LogP contribution is 2.33. The third-order valence-electron chi connectivity index (χ3n) is 7.54. The summed E-state index contributed by atoms with van der Waals surface area (Å²) in [6, 6.07) is 20.9. The maximum atomic E-state index is 10.7. The molecule has 1 heterocycles. The minimum Gasteiger partial charge on any atom is -0.352 e. The molecule has 1 unspecified atom stereocenters. The number of hydrogen-bond acceptors (Lipinski definition) is 2. The Kier molecular flexibility index (Phi) is 10.3. The van der Waals surface area contributed by atoms with Gasteiger partial charge in [0.25, 0.3) is 0 Å². The van der Waals surface area contributed by atoms with Crippen LogP contribution in [0.5, 0.6) is 0 Å². The van der Waals surface area contributed by atoms with E-state index in [0.29, 0.717) is 0 Å². The standard InChI is InChI=1S/C20H22N2.C14H19NO/c1-3-11-19-16(2)20(17-12-7-4-5-8-13-17)21-22(19)18-14-9-6-10-15-18;16-11-15-14(10-12-6-4-5-7-12)13-8-2-1-3-9-13/h4-10,12,14-15H,3,11,13H2,1-2H3;1-3,8-9,11-12,14H,4-7,10H2,(H,15,16). The Morgan fingerprint density at radius 2 is 1.71 bits per heavy atom. The van der Waals surface area contributed by atoms with Crippen LogP contribution in [0.1, 0.15) is 80.4 Å². The number of hydrogen-bond donors (Lipinski definition) is 1. The van der Waals surface area contributed by atoms with Crippen LogP contribution in [0.4, 0.5) is 0 Å². The van der Waals surface area contributed by atoms with Crippen molar-refractivity contribution in [1.82, 2.24) is 15.1 Å². The molecule has 4 nitrogen and oxygen atoms in total. The van der Waals surface area contributed by atoms with E-state index in [-0.39, 0.29) is 6.04 Å². The minimum absolute atomic E-state index is 0.196. The molecule has 0 aliphatic heterocycles. The fraction of sp³-hybridized carbons (Fsp3) is 0.353. The van der Waals surface area contributed by atoms with Crippen molar-refractivity contribution in [2.75, 3.05) is 0 Å². The average molecular weight is 508 g/mol. The maximum Gasteiger partial charge on any atom is 0.207 e. The molecule has 1 saturated carbocycles.